The normalized spacial score (nSPS) is 10.9. The lowest BCUT2D eigenvalue weighted by atomic mass is 10.2. The van der Waals surface area contributed by atoms with E-state index in [4.69, 9.17) is 5.73 Å². The van der Waals surface area contributed by atoms with Gasteiger partial charge in [-0.1, -0.05) is 19.9 Å². The van der Waals surface area contributed by atoms with Crippen LogP contribution in [0.4, 0.5) is 10.1 Å². The lowest BCUT2D eigenvalue weighted by Crippen LogP contribution is -1.97. The zero-order chi connectivity index (χ0) is 11.3. The van der Waals surface area contributed by atoms with E-state index in [0.717, 1.165) is 5.75 Å². The molecule has 3 heteroatoms. The Bertz CT molecular complexity index is 292. The Morgan fingerprint density at radius 3 is 2.73 bits per heavy atom. The summed E-state index contributed by atoms with van der Waals surface area (Å²) in [6.07, 6.45) is 1.17. The fourth-order valence-electron chi connectivity index (χ4n) is 1.22. The fourth-order valence-corrected chi connectivity index (χ4v) is 2.51. The van der Waals surface area contributed by atoms with Crippen LogP contribution in [0.1, 0.15) is 25.8 Å². The van der Waals surface area contributed by atoms with Gasteiger partial charge in [0.15, 0.2) is 0 Å². The van der Waals surface area contributed by atoms with Gasteiger partial charge in [-0.2, -0.15) is 11.8 Å². The average molecular weight is 227 g/mol. The molecular weight excluding hydrogens is 209 g/mol. The first kappa shape index (κ1) is 12.4. The van der Waals surface area contributed by atoms with Gasteiger partial charge >= 0.3 is 0 Å². The van der Waals surface area contributed by atoms with Gasteiger partial charge in [0.05, 0.1) is 0 Å². The maximum absolute atomic E-state index is 13.3. The van der Waals surface area contributed by atoms with Crippen molar-refractivity contribution in [1.82, 2.24) is 0 Å². The maximum atomic E-state index is 13.3. The molecule has 0 amide bonds. The molecule has 0 aliphatic rings. The third-order valence-electron chi connectivity index (χ3n) is 2.24. The lowest BCUT2D eigenvalue weighted by Gasteiger charge is -2.07. The van der Waals surface area contributed by atoms with Crippen molar-refractivity contribution in [3.63, 3.8) is 0 Å². The van der Waals surface area contributed by atoms with Crippen molar-refractivity contribution in [3.05, 3.63) is 29.6 Å². The molecule has 0 aliphatic heterocycles. The summed E-state index contributed by atoms with van der Waals surface area (Å²) in [5, 5.41) is 0. The number of rotatable bonds is 5. The topological polar surface area (TPSA) is 26.0 Å². The highest BCUT2D eigenvalue weighted by atomic mass is 32.2. The van der Waals surface area contributed by atoms with Crippen LogP contribution in [-0.2, 0) is 5.75 Å². The molecule has 1 nitrogen and oxygen atoms in total. The van der Waals surface area contributed by atoms with Crippen LogP contribution in [0.3, 0.4) is 0 Å². The predicted molar refractivity (Wildman–Crippen MR) is 66.4 cm³/mol. The predicted octanol–water partition coefficient (Wildman–Crippen LogP) is 3.69. The van der Waals surface area contributed by atoms with Gasteiger partial charge in [0.1, 0.15) is 5.82 Å². The Morgan fingerprint density at radius 1 is 1.40 bits per heavy atom. The number of nitrogen functional groups attached to an aromatic ring is 1. The molecule has 0 fully saturated rings. The van der Waals surface area contributed by atoms with Gasteiger partial charge in [-0.3, -0.25) is 0 Å². The second-order valence-electron chi connectivity index (χ2n) is 4.04. The molecule has 15 heavy (non-hydrogen) atoms. The molecule has 0 saturated heterocycles. The van der Waals surface area contributed by atoms with Crippen LogP contribution in [0.2, 0.25) is 0 Å². The van der Waals surface area contributed by atoms with E-state index in [9.17, 15) is 4.39 Å². The lowest BCUT2D eigenvalue weighted by molar-refractivity contribution is 0.617. The molecule has 0 saturated carbocycles. The minimum Gasteiger partial charge on any atom is -0.398 e. The number of thioether (sulfide) groups is 1. The first-order valence-electron chi connectivity index (χ1n) is 5.22. The van der Waals surface area contributed by atoms with Gasteiger partial charge < -0.3 is 5.73 Å². The number of hydrogen-bond acceptors (Lipinski definition) is 2. The molecule has 0 unspecified atom stereocenters. The van der Waals surface area contributed by atoms with Gasteiger partial charge in [0.2, 0.25) is 0 Å². The molecule has 0 bridgehead atoms. The molecule has 2 N–H and O–H groups in total. The summed E-state index contributed by atoms with van der Waals surface area (Å²) >= 11 is 1.74. The molecule has 84 valence electrons. The summed E-state index contributed by atoms with van der Waals surface area (Å²) in [4.78, 5) is 0. The zero-order valence-electron chi connectivity index (χ0n) is 9.29. The molecular formula is C12H18FNS. The minimum atomic E-state index is -0.188. The molecule has 0 atom stereocenters. The summed E-state index contributed by atoms with van der Waals surface area (Å²) < 4.78 is 13.3. The Kier molecular flexibility index (Phi) is 4.95. The van der Waals surface area contributed by atoms with E-state index in [1.807, 2.05) is 0 Å². The van der Waals surface area contributed by atoms with Crippen LogP contribution in [0.25, 0.3) is 0 Å². The van der Waals surface area contributed by atoms with E-state index < -0.39 is 0 Å². The van der Waals surface area contributed by atoms with Gasteiger partial charge in [-0.25, -0.2) is 4.39 Å². The van der Waals surface area contributed by atoms with Crippen molar-refractivity contribution in [3.8, 4) is 0 Å². The first-order chi connectivity index (χ1) is 7.11. The number of halogens is 1. The standard InChI is InChI=1S/C12H18FNS/c1-9(2)6-7-15-8-10-11(13)4-3-5-12(10)14/h3-5,9H,6-8,14H2,1-2H3. The molecule has 0 radical (unpaired) electrons. The molecule has 1 aromatic carbocycles. The quantitative estimate of drug-likeness (QED) is 0.613. The smallest absolute Gasteiger partial charge is 0.129 e. The Morgan fingerprint density at radius 2 is 2.13 bits per heavy atom. The summed E-state index contributed by atoms with van der Waals surface area (Å²) in [5.74, 6) is 2.25. The van der Waals surface area contributed by atoms with Gasteiger partial charge in [0, 0.05) is 17.0 Å². The van der Waals surface area contributed by atoms with Crippen LogP contribution in [0, 0.1) is 11.7 Å². The Balaban J connectivity index is 2.43. The van der Waals surface area contributed by atoms with Crippen LogP contribution in [0.15, 0.2) is 18.2 Å². The number of anilines is 1. The van der Waals surface area contributed by atoms with Crippen molar-refractivity contribution in [2.75, 3.05) is 11.5 Å². The Hall–Kier alpha value is -0.700. The van der Waals surface area contributed by atoms with E-state index in [2.05, 4.69) is 13.8 Å². The summed E-state index contributed by atoms with van der Waals surface area (Å²) in [6.45, 7) is 4.38. The van der Waals surface area contributed by atoms with E-state index in [1.165, 1.54) is 12.5 Å². The highest BCUT2D eigenvalue weighted by molar-refractivity contribution is 7.98. The first-order valence-corrected chi connectivity index (χ1v) is 6.37. The summed E-state index contributed by atoms with van der Waals surface area (Å²) in [5.41, 5.74) is 6.92. The van der Waals surface area contributed by atoms with Gasteiger partial charge in [-0.05, 0) is 30.2 Å². The van der Waals surface area contributed by atoms with E-state index in [0.29, 0.717) is 22.9 Å². The summed E-state index contributed by atoms with van der Waals surface area (Å²) in [7, 11) is 0. The molecule has 0 heterocycles. The SMILES string of the molecule is CC(C)CCSCc1c(N)cccc1F. The molecule has 1 rings (SSSR count). The van der Waals surface area contributed by atoms with Crippen LogP contribution in [-0.4, -0.2) is 5.75 Å². The molecule has 0 aromatic heterocycles. The highest BCUT2D eigenvalue weighted by Crippen LogP contribution is 2.22. The van der Waals surface area contributed by atoms with Crippen LogP contribution >= 0.6 is 11.8 Å². The number of nitrogens with two attached hydrogens (primary N) is 1. The van der Waals surface area contributed by atoms with E-state index >= 15 is 0 Å². The summed E-state index contributed by atoms with van der Waals surface area (Å²) in [6, 6.07) is 4.86. The van der Waals surface area contributed by atoms with Gasteiger partial charge in [-0.15, -0.1) is 0 Å². The van der Waals surface area contributed by atoms with Crippen molar-refractivity contribution in [2.24, 2.45) is 5.92 Å². The van der Waals surface area contributed by atoms with Crippen LogP contribution in [0.5, 0.6) is 0 Å². The average Bonchev–Trinajstić information content (AvgIpc) is 2.15. The second-order valence-corrected chi connectivity index (χ2v) is 5.15. The van der Waals surface area contributed by atoms with Gasteiger partial charge in [0.25, 0.3) is 0 Å². The molecule has 0 aliphatic carbocycles. The van der Waals surface area contributed by atoms with E-state index in [-0.39, 0.29) is 5.82 Å². The van der Waals surface area contributed by atoms with Crippen molar-refractivity contribution in [1.29, 1.82) is 0 Å². The number of benzene rings is 1. The van der Waals surface area contributed by atoms with Crippen LogP contribution < -0.4 is 5.73 Å². The minimum absolute atomic E-state index is 0.188. The van der Waals surface area contributed by atoms with Crippen molar-refractivity contribution >= 4 is 17.4 Å². The monoisotopic (exact) mass is 227 g/mol. The Labute approximate surface area is 95.2 Å². The van der Waals surface area contributed by atoms with Crippen molar-refractivity contribution in [2.45, 2.75) is 26.0 Å². The molecule has 1 aromatic rings. The van der Waals surface area contributed by atoms with E-state index in [1.54, 1.807) is 23.9 Å². The van der Waals surface area contributed by atoms with Crippen molar-refractivity contribution < 1.29 is 4.39 Å². The third-order valence-corrected chi connectivity index (χ3v) is 3.26. The molecule has 0 spiro atoms. The maximum Gasteiger partial charge on any atom is 0.129 e. The fraction of sp³-hybridized carbons (Fsp3) is 0.500. The number of hydrogen-bond donors (Lipinski definition) is 1. The zero-order valence-corrected chi connectivity index (χ0v) is 10.1. The highest BCUT2D eigenvalue weighted by Gasteiger charge is 2.05. The third kappa shape index (κ3) is 4.12. The largest absolute Gasteiger partial charge is 0.398 e. The second kappa shape index (κ2) is 6.01.